The highest BCUT2D eigenvalue weighted by Crippen LogP contribution is 2.49. The Hall–Kier alpha value is -1.70. The average Bonchev–Trinajstić information content (AvgIpc) is 3.29. The first-order valence-electron chi connectivity index (χ1n) is 6.45. The van der Waals surface area contributed by atoms with E-state index in [2.05, 4.69) is 0 Å². The lowest BCUT2D eigenvalue weighted by molar-refractivity contribution is 0.418. The van der Waals surface area contributed by atoms with Crippen molar-refractivity contribution < 1.29 is 17.6 Å². The fourth-order valence-electron chi connectivity index (χ4n) is 2.42. The quantitative estimate of drug-likeness (QED) is 0.204. The zero-order valence-corrected chi connectivity index (χ0v) is 13.7. The van der Waals surface area contributed by atoms with E-state index in [1.807, 2.05) is 0 Å². The third kappa shape index (κ3) is 2.14. The van der Waals surface area contributed by atoms with Crippen molar-refractivity contribution in [2.45, 2.75) is 0 Å². The second-order valence-corrected chi connectivity index (χ2v) is 7.64. The molecule has 7 heteroatoms. The Kier molecular flexibility index (Phi) is 3.51. The molecule has 0 aliphatic carbocycles. The largest absolute Gasteiger partial charge is 0.203 e. The van der Waals surface area contributed by atoms with Crippen LogP contribution in [0.4, 0.5) is 17.6 Å². The summed E-state index contributed by atoms with van der Waals surface area (Å²) in [5, 5.41) is 3.19. The molecule has 0 radical (unpaired) electrons. The van der Waals surface area contributed by atoms with Crippen LogP contribution in [0.3, 0.4) is 0 Å². The Morgan fingerprint density at radius 3 is 1.39 bits per heavy atom. The number of benzene rings is 1. The molecular weight excluding hydrogens is 364 g/mol. The maximum atomic E-state index is 14.4. The molecule has 0 unspecified atom stereocenters. The topological polar surface area (TPSA) is 0 Å². The van der Waals surface area contributed by atoms with E-state index in [0.29, 0.717) is 19.5 Å². The monoisotopic (exact) mass is 370 g/mol. The maximum Gasteiger partial charge on any atom is 0.198 e. The van der Waals surface area contributed by atoms with Gasteiger partial charge in [-0.15, -0.1) is 34.0 Å². The van der Waals surface area contributed by atoms with Gasteiger partial charge in [-0.2, -0.15) is 0 Å². The van der Waals surface area contributed by atoms with Crippen molar-refractivity contribution in [2.75, 3.05) is 0 Å². The lowest BCUT2D eigenvalue weighted by Crippen LogP contribution is -1.97. The first-order chi connectivity index (χ1) is 11.1. The number of fused-ring (bicyclic) bond motifs is 1. The van der Waals surface area contributed by atoms with Gasteiger partial charge in [0.2, 0.25) is 0 Å². The van der Waals surface area contributed by atoms with Crippen LogP contribution >= 0.6 is 34.0 Å². The Morgan fingerprint density at radius 1 is 0.609 bits per heavy atom. The Balaban J connectivity index is 2.20. The average molecular weight is 370 g/mol. The predicted molar refractivity (Wildman–Crippen MR) is 88.3 cm³/mol. The van der Waals surface area contributed by atoms with Crippen molar-refractivity contribution in [1.29, 1.82) is 0 Å². The molecule has 0 N–H and O–H groups in total. The van der Waals surface area contributed by atoms with Gasteiger partial charge >= 0.3 is 0 Å². The summed E-state index contributed by atoms with van der Waals surface area (Å²) in [5.74, 6) is -6.24. The highest BCUT2D eigenvalue weighted by atomic mass is 32.1. The standard InChI is InChI=1S/C16H6F4S3/c17-11-9-10(12(18)14(20)13(11)19)16(8-4-2-6-22-8)23-15(9)7-3-1-5-21-7/h1-6H. The summed E-state index contributed by atoms with van der Waals surface area (Å²) in [6.45, 7) is 0. The van der Waals surface area contributed by atoms with Crippen LogP contribution in [0.15, 0.2) is 35.0 Å². The second-order valence-electron chi connectivity index (χ2n) is 4.72. The Labute approximate surface area is 140 Å². The van der Waals surface area contributed by atoms with Gasteiger partial charge in [-0.3, -0.25) is 0 Å². The molecule has 0 saturated heterocycles. The van der Waals surface area contributed by atoms with E-state index in [1.54, 1.807) is 35.0 Å². The minimum atomic E-state index is -1.77. The van der Waals surface area contributed by atoms with Crippen LogP contribution in [0.1, 0.15) is 0 Å². The van der Waals surface area contributed by atoms with Gasteiger partial charge in [0.25, 0.3) is 0 Å². The van der Waals surface area contributed by atoms with Crippen LogP contribution in [0.2, 0.25) is 0 Å². The number of thiophene rings is 3. The number of halogens is 4. The smallest absolute Gasteiger partial charge is 0.198 e. The van der Waals surface area contributed by atoms with Crippen LogP contribution in [-0.2, 0) is 0 Å². The third-order valence-corrected chi connectivity index (χ3v) is 6.70. The molecule has 23 heavy (non-hydrogen) atoms. The van der Waals surface area contributed by atoms with Crippen LogP contribution in [0, 0.1) is 23.3 Å². The van der Waals surface area contributed by atoms with E-state index >= 15 is 0 Å². The van der Waals surface area contributed by atoms with Gasteiger partial charge in [0.05, 0.1) is 9.75 Å². The Morgan fingerprint density at radius 2 is 1.04 bits per heavy atom. The minimum absolute atomic E-state index is 0.197. The lowest BCUT2D eigenvalue weighted by atomic mass is 10.1. The van der Waals surface area contributed by atoms with E-state index in [9.17, 15) is 17.6 Å². The second kappa shape index (κ2) is 5.43. The zero-order valence-electron chi connectivity index (χ0n) is 11.2. The number of hydrogen-bond donors (Lipinski definition) is 0. The van der Waals surface area contributed by atoms with Gasteiger partial charge in [-0.25, -0.2) is 17.6 Å². The fourth-order valence-corrected chi connectivity index (χ4v) is 5.43. The fraction of sp³-hybridized carbons (Fsp3) is 0. The number of hydrogen-bond acceptors (Lipinski definition) is 3. The molecule has 0 saturated carbocycles. The van der Waals surface area contributed by atoms with Gasteiger partial charge in [-0.05, 0) is 22.9 Å². The maximum absolute atomic E-state index is 14.4. The third-order valence-electron chi connectivity index (χ3n) is 3.42. The highest BCUT2D eigenvalue weighted by molar-refractivity contribution is 7.27. The molecule has 0 aliphatic rings. The summed E-state index contributed by atoms with van der Waals surface area (Å²) in [5.41, 5.74) is 0. The molecule has 1 aromatic carbocycles. The van der Waals surface area contributed by atoms with Gasteiger partial charge in [0, 0.05) is 20.5 Å². The summed E-state index contributed by atoms with van der Waals surface area (Å²) in [4.78, 5) is 2.20. The highest BCUT2D eigenvalue weighted by Gasteiger charge is 2.28. The lowest BCUT2D eigenvalue weighted by Gasteiger charge is -2.03. The zero-order chi connectivity index (χ0) is 16.1. The summed E-state index contributed by atoms with van der Waals surface area (Å²) in [6, 6.07) is 7.02. The van der Waals surface area contributed by atoms with Crippen LogP contribution in [-0.4, -0.2) is 0 Å². The van der Waals surface area contributed by atoms with Gasteiger partial charge in [-0.1, -0.05) is 12.1 Å². The molecular formula is C16H6F4S3. The van der Waals surface area contributed by atoms with E-state index in [1.165, 1.54) is 22.7 Å². The molecule has 0 nitrogen and oxygen atoms in total. The summed E-state index contributed by atoms with van der Waals surface area (Å²) in [6.07, 6.45) is 0. The molecule has 0 bridgehead atoms. The van der Waals surface area contributed by atoms with E-state index in [-0.39, 0.29) is 10.8 Å². The molecule has 0 spiro atoms. The van der Waals surface area contributed by atoms with Crippen molar-refractivity contribution in [3.05, 3.63) is 58.3 Å². The summed E-state index contributed by atoms with van der Waals surface area (Å²) < 4.78 is 56.2. The molecule has 3 aromatic heterocycles. The van der Waals surface area contributed by atoms with Crippen molar-refractivity contribution in [3.8, 4) is 19.5 Å². The van der Waals surface area contributed by atoms with Crippen molar-refractivity contribution >= 4 is 44.8 Å². The van der Waals surface area contributed by atoms with Crippen LogP contribution < -0.4 is 0 Å². The van der Waals surface area contributed by atoms with Gasteiger partial charge in [0.15, 0.2) is 23.3 Å². The molecule has 116 valence electrons. The first kappa shape index (κ1) is 14.9. The van der Waals surface area contributed by atoms with E-state index < -0.39 is 23.3 Å². The molecule has 0 aliphatic heterocycles. The molecule has 3 heterocycles. The summed E-state index contributed by atoms with van der Waals surface area (Å²) in [7, 11) is 0. The molecule has 4 aromatic rings. The molecule has 0 amide bonds. The van der Waals surface area contributed by atoms with Crippen LogP contribution in [0.25, 0.3) is 30.3 Å². The van der Waals surface area contributed by atoms with Crippen molar-refractivity contribution in [1.82, 2.24) is 0 Å². The van der Waals surface area contributed by atoms with E-state index in [4.69, 9.17) is 0 Å². The Bertz CT molecular complexity index is 918. The summed E-state index contributed by atoms with van der Waals surface area (Å²) >= 11 is 3.81. The van der Waals surface area contributed by atoms with Crippen molar-refractivity contribution in [3.63, 3.8) is 0 Å². The van der Waals surface area contributed by atoms with Gasteiger partial charge in [0.1, 0.15) is 0 Å². The SMILES string of the molecule is Fc1c(F)c(F)c2c(-c3cccs3)sc(-c3cccs3)c2c1F. The molecule has 4 rings (SSSR count). The number of rotatable bonds is 2. The normalized spacial score (nSPS) is 11.5. The first-order valence-corrected chi connectivity index (χ1v) is 9.03. The van der Waals surface area contributed by atoms with Gasteiger partial charge < -0.3 is 0 Å². The van der Waals surface area contributed by atoms with Crippen LogP contribution in [0.5, 0.6) is 0 Å². The molecule has 0 atom stereocenters. The molecule has 0 fully saturated rings. The predicted octanol–water partition coefficient (Wildman–Crippen LogP) is 6.91. The van der Waals surface area contributed by atoms with E-state index in [0.717, 1.165) is 11.3 Å². The van der Waals surface area contributed by atoms with Crippen molar-refractivity contribution in [2.24, 2.45) is 0 Å². The minimum Gasteiger partial charge on any atom is -0.203 e.